The molecule has 2 aromatic rings. The molecule has 0 spiro atoms. The molecular weight excluding hydrogens is 356 g/mol. The lowest BCUT2D eigenvalue weighted by Gasteiger charge is -2.22. The summed E-state index contributed by atoms with van der Waals surface area (Å²) in [6.07, 6.45) is 0.364. The molecule has 3 rings (SSSR count). The van der Waals surface area contributed by atoms with Crippen molar-refractivity contribution in [3.8, 4) is 11.1 Å². The monoisotopic (exact) mass is 380 g/mol. The third-order valence-corrected chi connectivity index (χ3v) is 4.90. The van der Waals surface area contributed by atoms with Gasteiger partial charge in [-0.2, -0.15) is 0 Å². The fraction of sp³-hybridized carbons (Fsp3) is 0.318. The summed E-state index contributed by atoms with van der Waals surface area (Å²) in [5.74, 6) is -0.651. The molecule has 0 unspecified atom stereocenters. The Morgan fingerprint density at radius 2 is 1.82 bits per heavy atom. The summed E-state index contributed by atoms with van der Waals surface area (Å²) in [7, 11) is 2.88. The lowest BCUT2D eigenvalue weighted by Crippen LogP contribution is -2.41. The highest BCUT2D eigenvalue weighted by Gasteiger charge is 2.38. The maximum atomic E-state index is 13.0. The second-order valence-corrected chi connectivity index (χ2v) is 6.71. The summed E-state index contributed by atoms with van der Waals surface area (Å²) in [5, 5.41) is 0. The fourth-order valence-electron chi connectivity index (χ4n) is 3.39. The van der Waals surface area contributed by atoms with E-state index in [2.05, 4.69) is 24.0 Å². The predicted molar refractivity (Wildman–Crippen MR) is 107 cm³/mol. The number of nitrogens with zero attached hydrogens (tertiary/aromatic N) is 2. The number of likely N-dealkylation sites (tertiary alicyclic amines) is 1. The number of rotatable bonds is 5. The molecule has 0 aliphatic carbocycles. The van der Waals surface area contributed by atoms with Crippen LogP contribution in [-0.4, -0.2) is 56.0 Å². The Labute approximate surface area is 164 Å². The Morgan fingerprint density at radius 3 is 2.46 bits per heavy atom. The van der Waals surface area contributed by atoms with Crippen molar-refractivity contribution >= 4 is 17.6 Å². The molecule has 0 radical (unpaired) electrons. The van der Waals surface area contributed by atoms with Gasteiger partial charge in [0.1, 0.15) is 12.8 Å². The third-order valence-electron chi connectivity index (χ3n) is 4.90. The van der Waals surface area contributed by atoms with Gasteiger partial charge in [0.05, 0.1) is 13.7 Å². The van der Waals surface area contributed by atoms with Gasteiger partial charge < -0.3 is 14.4 Å². The first kappa shape index (κ1) is 19.8. The van der Waals surface area contributed by atoms with E-state index in [0.29, 0.717) is 18.5 Å². The fourth-order valence-corrected chi connectivity index (χ4v) is 3.39. The number of aliphatic imine (C=N–C) groups is 1. The lowest BCUT2D eigenvalue weighted by atomic mass is 9.99. The van der Waals surface area contributed by atoms with E-state index in [1.807, 2.05) is 24.3 Å². The number of aryl methyl sites for hydroxylation is 1. The van der Waals surface area contributed by atoms with E-state index >= 15 is 0 Å². The van der Waals surface area contributed by atoms with Crippen LogP contribution in [-0.2, 0) is 14.3 Å². The molecular formula is C22H24N2O4. The van der Waals surface area contributed by atoms with E-state index in [0.717, 1.165) is 16.8 Å². The van der Waals surface area contributed by atoms with Crippen molar-refractivity contribution in [3.05, 3.63) is 59.7 Å². The Bertz CT molecular complexity index is 890. The predicted octanol–water partition coefficient (Wildman–Crippen LogP) is 3.09. The van der Waals surface area contributed by atoms with Crippen LogP contribution >= 0.6 is 0 Å². The van der Waals surface area contributed by atoms with Crippen molar-refractivity contribution in [1.82, 2.24) is 4.90 Å². The molecule has 1 atom stereocenters. The van der Waals surface area contributed by atoms with Crippen molar-refractivity contribution in [1.29, 1.82) is 0 Å². The SMILES string of the molecule is COCN=C1C[C@@H](C(=O)OC)N(C(=O)c2ccc(-c3ccccc3C)cc2)C1. The Balaban J connectivity index is 1.83. The van der Waals surface area contributed by atoms with Gasteiger partial charge in [-0.15, -0.1) is 0 Å². The van der Waals surface area contributed by atoms with Gasteiger partial charge in [-0.3, -0.25) is 9.79 Å². The van der Waals surface area contributed by atoms with Crippen molar-refractivity contribution < 1.29 is 19.1 Å². The normalized spacial score (nSPS) is 17.8. The zero-order valence-electron chi connectivity index (χ0n) is 16.3. The topological polar surface area (TPSA) is 68.2 Å². The molecule has 0 aromatic heterocycles. The molecule has 1 fully saturated rings. The molecule has 28 heavy (non-hydrogen) atoms. The van der Waals surface area contributed by atoms with Crippen LogP contribution in [0.3, 0.4) is 0 Å². The van der Waals surface area contributed by atoms with Crippen molar-refractivity contribution in [2.75, 3.05) is 27.5 Å². The molecule has 0 saturated carbocycles. The zero-order valence-corrected chi connectivity index (χ0v) is 16.3. The summed E-state index contributed by atoms with van der Waals surface area (Å²) >= 11 is 0. The minimum absolute atomic E-state index is 0.205. The second kappa shape index (κ2) is 8.80. The molecule has 1 amide bonds. The molecule has 1 aliphatic rings. The second-order valence-electron chi connectivity index (χ2n) is 6.71. The van der Waals surface area contributed by atoms with Crippen LogP contribution in [0.5, 0.6) is 0 Å². The van der Waals surface area contributed by atoms with Gasteiger partial charge in [-0.25, -0.2) is 4.79 Å². The third kappa shape index (κ3) is 4.12. The van der Waals surface area contributed by atoms with E-state index in [9.17, 15) is 9.59 Å². The minimum Gasteiger partial charge on any atom is -0.467 e. The standard InChI is InChI=1S/C22H24N2O4/c1-15-6-4-5-7-19(15)16-8-10-17(11-9-16)21(25)24-13-18(23-14-27-2)12-20(24)22(26)28-3/h4-11,20H,12-14H2,1-3H3/t20-/m0/s1. The maximum Gasteiger partial charge on any atom is 0.329 e. The number of ether oxygens (including phenoxy) is 2. The highest BCUT2D eigenvalue weighted by Crippen LogP contribution is 2.25. The van der Waals surface area contributed by atoms with E-state index < -0.39 is 12.0 Å². The molecule has 0 bridgehead atoms. The smallest absolute Gasteiger partial charge is 0.329 e. The van der Waals surface area contributed by atoms with Crippen molar-refractivity contribution in [2.24, 2.45) is 4.99 Å². The number of hydrogen-bond acceptors (Lipinski definition) is 5. The van der Waals surface area contributed by atoms with Crippen molar-refractivity contribution in [2.45, 2.75) is 19.4 Å². The lowest BCUT2D eigenvalue weighted by molar-refractivity contribution is -0.145. The van der Waals surface area contributed by atoms with E-state index in [1.165, 1.54) is 17.6 Å². The molecule has 2 aromatic carbocycles. The van der Waals surface area contributed by atoms with Gasteiger partial charge in [0, 0.05) is 24.8 Å². The minimum atomic E-state index is -0.663. The number of carbonyl (C=O) groups is 2. The summed E-state index contributed by atoms with van der Waals surface area (Å²) in [6.45, 7) is 2.55. The Morgan fingerprint density at radius 1 is 1.11 bits per heavy atom. The summed E-state index contributed by atoms with van der Waals surface area (Å²) in [5.41, 5.74) is 4.62. The average Bonchev–Trinajstić information content (AvgIpc) is 3.16. The van der Waals surface area contributed by atoms with Crippen LogP contribution in [0.2, 0.25) is 0 Å². The highest BCUT2D eigenvalue weighted by molar-refractivity contribution is 6.04. The van der Waals surface area contributed by atoms with Crippen LogP contribution in [0, 0.1) is 6.92 Å². The average molecular weight is 380 g/mol. The first-order valence-electron chi connectivity index (χ1n) is 9.11. The zero-order chi connectivity index (χ0) is 20.1. The van der Waals surface area contributed by atoms with E-state index in [-0.39, 0.29) is 12.6 Å². The number of amides is 1. The number of hydrogen-bond donors (Lipinski definition) is 0. The summed E-state index contributed by atoms with van der Waals surface area (Å²) in [4.78, 5) is 31.0. The molecule has 0 N–H and O–H groups in total. The Kier molecular flexibility index (Phi) is 6.21. The molecule has 6 nitrogen and oxygen atoms in total. The van der Waals surface area contributed by atoms with Gasteiger partial charge in [-0.05, 0) is 35.7 Å². The van der Waals surface area contributed by atoms with Gasteiger partial charge in [-0.1, -0.05) is 36.4 Å². The van der Waals surface area contributed by atoms with Crippen LogP contribution in [0.15, 0.2) is 53.5 Å². The summed E-state index contributed by atoms with van der Waals surface area (Å²) < 4.78 is 9.84. The van der Waals surface area contributed by atoms with Crippen LogP contribution in [0.4, 0.5) is 0 Å². The molecule has 6 heteroatoms. The van der Waals surface area contributed by atoms with Gasteiger partial charge in [0.2, 0.25) is 0 Å². The van der Waals surface area contributed by atoms with Crippen LogP contribution in [0.1, 0.15) is 22.3 Å². The number of methoxy groups -OCH3 is 2. The molecule has 146 valence electrons. The highest BCUT2D eigenvalue weighted by atomic mass is 16.5. The molecule has 1 aliphatic heterocycles. The summed E-state index contributed by atoms with van der Waals surface area (Å²) in [6, 6.07) is 14.9. The van der Waals surface area contributed by atoms with Crippen LogP contribution < -0.4 is 0 Å². The van der Waals surface area contributed by atoms with E-state index in [4.69, 9.17) is 9.47 Å². The largest absolute Gasteiger partial charge is 0.467 e. The first-order chi connectivity index (χ1) is 13.5. The van der Waals surface area contributed by atoms with Crippen LogP contribution in [0.25, 0.3) is 11.1 Å². The van der Waals surface area contributed by atoms with Gasteiger partial charge in [0.15, 0.2) is 0 Å². The first-order valence-corrected chi connectivity index (χ1v) is 9.11. The quantitative estimate of drug-likeness (QED) is 0.748. The van der Waals surface area contributed by atoms with Crippen molar-refractivity contribution in [3.63, 3.8) is 0 Å². The number of esters is 1. The Hall–Kier alpha value is -2.99. The number of benzene rings is 2. The molecule has 1 saturated heterocycles. The van der Waals surface area contributed by atoms with Gasteiger partial charge >= 0.3 is 5.97 Å². The number of carbonyl (C=O) groups excluding carboxylic acids is 2. The maximum absolute atomic E-state index is 13.0. The molecule has 1 heterocycles. The van der Waals surface area contributed by atoms with Gasteiger partial charge in [0.25, 0.3) is 5.91 Å². The van der Waals surface area contributed by atoms with E-state index in [1.54, 1.807) is 19.2 Å².